The van der Waals surface area contributed by atoms with Crippen molar-refractivity contribution in [1.82, 2.24) is 19.7 Å². The molecule has 0 radical (unpaired) electrons. The fraction of sp³-hybridized carbons (Fsp3) is 0.333. The normalized spacial score (nSPS) is 19.5. The number of fused-ring (bicyclic) bond motifs is 2. The van der Waals surface area contributed by atoms with Gasteiger partial charge in [-0.05, 0) is 23.8 Å². The van der Waals surface area contributed by atoms with Crippen LogP contribution in [0.2, 0.25) is 0 Å². The molecule has 0 saturated carbocycles. The number of aliphatic hydroxyl groups excluding tert-OH is 1. The molecule has 0 saturated heterocycles. The molecular formula is C21H21N7O2. The number of nitriles is 1. The number of aliphatic hydroxyl groups is 1. The van der Waals surface area contributed by atoms with Gasteiger partial charge in [0.2, 0.25) is 5.95 Å². The highest BCUT2D eigenvalue weighted by Crippen LogP contribution is 2.41. The molecule has 2 aliphatic rings. The molecule has 30 heavy (non-hydrogen) atoms. The molecular weight excluding hydrogens is 382 g/mol. The van der Waals surface area contributed by atoms with Crippen molar-refractivity contribution in [2.24, 2.45) is 0 Å². The van der Waals surface area contributed by atoms with E-state index in [1.807, 2.05) is 29.8 Å². The highest BCUT2D eigenvalue weighted by atomic mass is 16.5. The quantitative estimate of drug-likeness (QED) is 0.606. The lowest BCUT2D eigenvalue weighted by atomic mass is 9.83. The minimum Gasteiger partial charge on any atom is -0.395 e. The fourth-order valence-corrected chi connectivity index (χ4v) is 3.94. The smallest absolute Gasteiger partial charge is 0.227 e. The monoisotopic (exact) mass is 403 g/mol. The predicted molar refractivity (Wildman–Crippen MR) is 110 cm³/mol. The van der Waals surface area contributed by atoms with Crippen LogP contribution in [0.4, 0.5) is 17.3 Å². The molecule has 3 N–H and O–H groups in total. The van der Waals surface area contributed by atoms with E-state index in [0.29, 0.717) is 37.0 Å². The molecule has 9 heteroatoms. The maximum absolute atomic E-state index is 9.91. The molecule has 2 aliphatic heterocycles. The summed E-state index contributed by atoms with van der Waals surface area (Å²) in [7, 11) is 0. The minimum absolute atomic E-state index is 0.00720. The van der Waals surface area contributed by atoms with Crippen molar-refractivity contribution in [2.75, 3.05) is 30.4 Å². The molecule has 1 aromatic carbocycles. The van der Waals surface area contributed by atoms with E-state index in [1.54, 1.807) is 12.4 Å². The molecule has 0 spiro atoms. The average molecular weight is 403 g/mol. The van der Waals surface area contributed by atoms with Gasteiger partial charge in [-0.1, -0.05) is 6.92 Å². The standard InChI is InChI=1S/C21H21N7O2/c1-21(12-29)11-24-19-14(8-22)6-13(7-15(19)21)16-2-3-23-20(26-16)27-17-9-25-28-4-5-30-10-18(17)28/h2-3,6-7,9,24,29H,4-5,10-12H2,1H3,(H,23,26,27). The number of benzene rings is 1. The van der Waals surface area contributed by atoms with Crippen molar-refractivity contribution in [3.8, 4) is 17.3 Å². The zero-order valence-electron chi connectivity index (χ0n) is 16.5. The Bertz CT molecular complexity index is 1170. The Morgan fingerprint density at radius 1 is 1.43 bits per heavy atom. The number of rotatable bonds is 4. The Labute approximate surface area is 173 Å². The van der Waals surface area contributed by atoms with E-state index < -0.39 is 5.41 Å². The maximum Gasteiger partial charge on any atom is 0.227 e. The van der Waals surface area contributed by atoms with Crippen LogP contribution in [-0.4, -0.2) is 44.6 Å². The lowest BCUT2D eigenvalue weighted by molar-refractivity contribution is 0.0805. The van der Waals surface area contributed by atoms with Gasteiger partial charge in [-0.25, -0.2) is 9.97 Å². The lowest BCUT2D eigenvalue weighted by Crippen LogP contribution is -2.28. The average Bonchev–Trinajstić information content (AvgIpc) is 3.35. The largest absolute Gasteiger partial charge is 0.395 e. The second-order valence-corrected chi connectivity index (χ2v) is 7.80. The summed E-state index contributed by atoms with van der Waals surface area (Å²) in [5.41, 5.74) is 5.08. The van der Waals surface area contributed by atoms with Gasteiger partial charge in [0.15, 0.2) is 0 Å². The van der Waals surface area contributed by atoms with Crippen LogP contribution < -0.4 is 10.6 Å². The Morgan fingerprint density at radius 3 is 3.17 bits per heavy atom. The highest BCUT2D eigenvalue weighted by molar-refractivity contribution is 5.76. The van der Waals surface area contributed by atoms with Crippen molar-refractivity contribution in [3.05, 3.63) is 47.4 Å². The van der Waals surface area contributed by atoms with Crippen molar-refractivity contribution >= 4 is 17.3 Å². The van der Waals surface area contributed by atoms with Crippen LogP contribution in [0.5, 0.6) is 0 Å². The Balaban J connectivity index is 1.51. The van der Waals surface area contributed by atoms with Gasteiger partial charge in [0.1, 0.15) is 6.07 Å². The van der Waals surface area contributed by atoms with Crippen LogP contribution >= 0.6 is 0 Å². The maximum atomic E-state index is 9.91. The SMILES string of the molecule is CC1(CO)CNc2c(C#N)cc(-c3ccnc(Nc4cnn5c4COCC5)n3)cc21. The summed E-state index contributed by atoms with van der Waals surface area (Å²) in [6.07, 6.45) is 3.43. The molecule has 1 unspecified atom stereocenters. The molecule has 5 rings (SSSR count). The van der Waals surface area contributed by atoms with Crippen molar-refractivity contribution in [2.45, 2.75) is 25.5 Å². The zero-order valence-corrected chi connectivity index (χ0v) is 16.5. The molecule has 152 valence electrons. The van der Waals surface area contributed by atoms with Crippen molar-refractivity contribution in [1.29, 1.82) is 5.26 Å². The van der Waals surface area contributed by atoms with E-state index >= 15 is 0 Å². The minimum atomic E-state index is -0.442. The zero-order chi connectivity index (χ0) is 20.7. The molecule has 3 aromatic rings. The van der Waals surface area contributed by atoms with Gasteiger partial charge in [-0.3, -0.25) is 4.68 Å². The molecule has 0 fully saturated rings. The van der Waals surface area contributed by atoms with Gasteiger partial charge in [-0.15, -0.1) is 0 Å². The second kappa shape index (κ2) is 7.09. The van der Waals surface area contributed by atoms with Crippen LogP contribution in [0.15, 0.2) is 30.6 Å². The van der Waals surface area contributed by atoms with Crippen LogP contribution in [0.25, 0.3) is 11.3 Å². The number of nitrogens with zero attached hydrogens (tertiary/aromatic N) is 5. The molecule has 0 aliphatic carbocycles. The lowest BCUT2D eigenvalue weighted by Gasteiger charge is -2.21. The van der Waals surface area contributed by atoms with E-state index in [2.05, 4.69) is 31.8 Å². The number of hydrogen-bond acceptors (Lipinski definition) is 8. The van der Waals surface area contributed by atoms with E-state index in [4.69, 9.17) is 4.74 Å². The van der Waals surface area contributed by atoms with Crippen LogP contribution in [-0.2, 0) is 23.3 Å². The fourth-order valence-electron chi connectivity index (χ4n) is 3.94. The summed E-state index contributed by atoms with van der Waals surface area (Å²) in [5, 5.41) is 30.4. The van der Waals surface area contributed by atoms with E-state index in [1.165, 1.54) is 0 Å². The van der Waals surface area contributed by atoms with Crippen LogP contribution in [0.3, 0.4) is 0 Å². The van der Waals surface area contributed by atoms with Gasteiger partial charge < -0.3 is 20.5 Å². The van der Waals surface area contributed by atoms with Crippen molar-refractivity contribution < 1.29 is 9.84 Å². The number of hydrogen-bond donors (Lipinski definition) is 3. The molecule has 1 atom stereocenters. The summed E-state index contributed by atoms with van der Waals surface area (Å²) >= 11 is 0. The molecule has 9 nitrogen and oxygen atoms in total. The topological polar surface area (TPSA) is 121 Å². The van der Waals surface area contributed by atoms with Gasteiger partial charge in [0, 0.05) is 23.7 Å². The molecule has 4 heterocycles. The van der Waals surface area contributed by atoms with Gasteiger partial charge in [0.25, 0.3) is 0 Å². The number of ether oxygens (including phenoxy) is 1. The number of anilines is 3. The first kappa shape index (κ1) is 18.5. The summed E-state index contributed by atoms with van der Waals surface area (Å²) in [4.78, 5) is 8.98. The summed E-state index contributed by atoms with van der Waals surface area (Å²) in [5.74, 6) is 0.441. The summed E-state index contributed by atoms with van der Waals surface area (Å²) < 4.78 is 7.44. The first-order chi connectivity index (χ1) is 14.6. The second-order valence-electron chi connectivity index (χ2n) is 7.80. The molecule has 0 amide bonds. The molecule has 2 aromatic heterocycles. The third-order valence-corrected chi connectivity index (χ3v) is 5.75. The van der Waals surface area contributed by atoms with Crippen molar-refractivity contribution in [3.63, 3.8) is 0 Å². The number of nitrogens with one attached hydrogen (secondary N) is 2. The first-order valence-corrected chi connectivity index (χ1v) is 9.77. The third kappa shape index (κ3) is 2.98. The van der Waals surface area contributed by atoms with Crippen LogP contribution in [0, 0.1) is 11.3 Å². The summed E-state index contributed by atoms with van der Waals surface area (Å²) in [6, 6.07) is 7.88. The highest BCUT2D eigenvalue weighted by Gasteiger charge is 2.36. The van der Waals surface area contributed by atoms with E-state index in [0.717, 1.165) is 34.7 Å². The molecule has 0 bridgehead atoms. The summed E-state index contributed by atoms with van der Waals surface area (Å²) in [6.45, 7) is 4.43. The first-order valence-electron chi connectivity index (χ1n) is 9.77. The van der Waals surface area contributed by atoms with E-state index in [-0.39, 0.29) is 6.61 Å². The van der Waals surface area contributed by atoms with Gasteiger partial charge in [-0.2, -0.15) is 10.4 Å². The Kier molecular flexibility index (Phi) is 4.38. The number of aromatic nitrogens is 4. The Morgan fingerprint density at radius 2 is 2.33 bits per heavy atom. The van der Waals surface area contributed by atoms with E-state index in [9.17, 15) is 10.4 Å². The predicted octanol–water partition coefficient (Wildman–Crippen LogP) is 2.16. The third-order valence-electron chi connectivity index (χ3n) is 5.75. The Hall–Kier alpha value is -3.48. The van der Waals surface area contributed by atoms with Crippen LogP contribution in [0.1, 0.15) is 23.7 Å². The van der Waals surface area contributed by atoms with Gasteiger partial charge in [0.05, 0.1) is 60.9 Å². The van der Waals surface area contributed by atoms with Gasteiger partial charge >= 0.3 is 0 Å².